The first-order chi connectivity index (χ1) is 8.52. The Morgan fingerprint density at radius 3 is 2.17 bits per heavy atom. The fraction of sp³-hybridized carbons (Fsp3) is 0.143. The molecule has 94 valence electrons. The van der Waals surface area contributed by atoms with Crippen molar-refractivity contribution < 1.29 is 13.2 Å². The van der Waals surface area contributed by atoms with Gasteiger partial charge in [0.1, 0.15) is 17.5 Å². The van der Waals surface area contributed by atoms with Gasteiger partial charge in [-0.1, -0.05) is 13.0 Å². The van der Waals surface area contributed by atoms with Gasteiger partial charge in [-0.2, -0.15) is 0 Å². The van der Waals surface area contributed by atoms with Crippen LogP contribution in [0.3, 0.4) is 0 Å². The predicted octanol–water partition coefficient (Wildman–Crippen LogP) is 3.92. The van der Waals surface area contributed by atoms with Crippen molar-refractivity contribution in [2.45, 2.75) is 13.3 Å². The number of hydrogen-bond donors (Lipinski definition) is 1. The minimum Gasteiger partial charge on any atom is -0.399 e. The number of hydrogen-bond acceptors (Lipinski definition) is 1. The van der Waals surface area contributed by atoms with Crippen molar-refractivity contribution in [3.05, 3.63) is 53.3 Å². The van der Waals surface area contributed by atoms with Gasteiger partial charge in [-0.3, -0.25) is 0 Å². The molecule has 0 amide bonds. The molecule has 0 saturated carbocycles. The highest BCUT2D eigenvalue weighted by Gasteiger charge is 2.14. The fourth-order valence-electron chi connectivity index (χ4n) is 1.89. The van der Waals surface area contributed by atoms with E-state index in [9.17, 15) is 13.2 Å². The van der Waals surface area contributed by atoms with Crippen molar-refractivity contribution in [2.75, 3.05) is 5.73 Å². The lowest BCUT2D eigenvalue weighted by Crippen LogP contribution is -1.96. The molecule has 0 fully saturated rings. The van der Waals surface area contributed by atoms with Gasteiger partial charge in [-0.05, 0) is 29.7 Å². The molecule has 0 unspecified atom stereocenters. The van der Waals surface area contributed by atoms with Crippen LogP contribution in [0.2, 0.25) is 0 Å². The van der Waals surface area contributed by atoms with E-state index in [1.165, 1.54) is 6.07 Å². The molecule has 0 aliphatic carbocycles. The molecule has 0 aliphatic heterocycles. The summed E-state index contributed by atoms with van der Waals surface area (Å²) in [6.07, 6.45) is 0.657. The van der Waals surface area contributed by atoms with Crippen LogP contribution < -0.4 is 5.73 Å². The zero-order chi connectivity index (χ0) is 13.3. The average molecular weight is 251 g/mol. The number of rotatable bonds is 2. The van der Waals surface area contributed by atoms with Gasteiger partial charge in [-0.15, -0.1) is 0 Å². The average Bonchev–Trinajstić information content (AvgIpc) is 2.30. The third-order valence-corrected chi connectivity index (χ3v) is 2.82. The third-order valence-electron chi connectivity index (χ3n) is 2.82. The van der Waals surface area contributed by atoms with Crippen molar-refractivity contribution in [3.63, 3.8) is 0 Å². The minimum absolute atomic E-state index is 0.230. The number of anilines is 1. The Kier molecular flexibility index (Phi) is 3.28. The van der Waals surface area contributed by atoms with E-state index in [-0.39, 0.29) is 5.56 Å². The Morgan fingerprint density at radius 2 is 1.61 bits per heavy atom. The molecule has 0 spiro atoms. The summed E-state index contributed by atoms with van der Waals surface area (Å²) in [5, 5.41) is 0. The molecule has 2 N–H and O–H groups in total. The van der Waals surface area contributed by atoms with Crippen LogP contribution >= 0.6 is 0 Å². The first kappa shape index (κ1) is 12.5. The quantitative estimate of drug-likeness (QED) is 0.804. The van der Waals surface area contributed by atoms with Crippen LogP contribution in [0.1, 0.15) is 12.5 Å². The van der Waals surface area contributed by atoms with E-state index >= 15 is 0 Å². The van der Waals surface area contributed by atoms with Crippen LogP contribution in [-0.2, 0) is 6.42 Å². The van der Waals surface area contributed by atoms with Crippen LogP contribution in [0.4, 0.5) is 18.9 Å². The van der Waals surface area contributed by atoms with E-state index in [4.69, 9.17) is 5.73 Å². The Bertz CT molecular complexity index is 571. The lowest BCUT2D eigenvalue weighted by atomic mass is 10.00. The van der Waals surface area contributed by atoms with Crippen molar-refractivity contribution in [3.8, 4) is 11.1 Å². The summed E-state index contributed by atoms with van der Waals surface area (Å²) in [6, 6.07) is 6.07. The number of nitrogens with two attached hydrogens (primary N) is 1. The molecule has 0 aliphatic rings. The smallest absolute Gasteiger partial charge is 0.136 e. The Hall–Kier alpha value is -1.97. The standard InChI is InChI=1S/C14H12F3N/c1-2-8-5-9(3-4-13(8)18)14-11(16)6-10(15)7-12(14)17/h3-7H,2,18H2,1H3. The first-order valence-electron chi connectivity index (χ1n) is 5.56. The molecule has 2 aromatic rings. The number of halogens is 3. The van der Waals surface area contributed by atoms with Gasteiger partial charge in [-0.25, -0.2) is 13.2 Å². The summed E-state index contributed by atoms with van der Waals surface area (Å²) in [6.45, 7) is 1.90. The lowest BCUT2D eigenvalue weighted by Gasteiger charge is -2.09. The molecule has 0 radical (unpaired) electrons. The molecule has 0 saturated heterocycles. The lowest BCUT2D eigenvalue weighted by molar-refractivity contribution is 0.548. The van der Waals surface area contributed by atoms with Gasteiger partial charge in [0.05, 0.1) is 5.56 Å². The fourth-order valence-corrected chi connectivity index (χ4v) is 1.89. The zero-order valence-electron chi connectivity index (χ0n) is 9.81. The van der Waals surface area contributed by atoms with E-state index < -0.39 is 17.5 Å². The number of nitrogen functional groups attached to an aromatic ring is 1. The number of aryl methyl sites for hydroxylation is 1. The van der Waals surface area contributed by atoms with Gasteiger partial charge in [0.15, 0.2) is 0 Å². The van der Waals surface area contributed by atoms with Crippen LogP contribution in [0, 0.1) is 17.5 Å². The van der Waals surface area contributed by atoms with Gasteiger partial charge < -0.3 is 5.73 Å². The molecule has 2 rings (SSSR count). The van der Waals surface area contributed by atoms with Gasteiger partial charge >= 0.3 is 0 Å². The van der Waals surface area contributed by atoms with E-state index in [0.29, 0.717) is 29.8 Å². The largest absolute Gasteiger partial charge is 0.399 e. The maximum atomic E-state index is 13.6. The molecule has 0 heterocycles. The second kappa shape index (κ2) is 4.72. The van der Waals surface area contributed by atoms with E-state index in [1.54, 1.807) is 12.1 Å². The maximum absolute atomic E-state index is 13.6. The first-order valence-corrected chi connectivity index (χ1v) is 5.56. The van der Waals surface area contributed by atoms with Crippen LogP contribution in [0.5, 0.6) is 0 Å². The second-order valence-corrected chi connectivity index (χ2v) is 4.01. The molecular weight excluding hydrogens is 239 g/mol. The van der Waals surface area contributed by atoms with Crippen molar-refractivity contribution in [2.24, 2.45) is 0 Å². The van der Waals surface area contributed by atoms with Gasteiger partial charge in [0, 0.05) is 17.8 Å². The van der Waals surface area contributed by atoms with Crippen molar-refractivity contribution in [1.29, 1.82) is 0 Å². The molecule has 18 heavy (non-hydrogen) atoms. The summed E-state index contributed by atoms with van der Waals surface area (Å²) in [5.74, 6) is -2.77. The monoisotopic (exact) mass is 251 g/mol. The van der Waals surface area contributed by atoms with Crippen molar-refractivity contribution >= 4 is 5.69 Å². The molecular formula is C14H12F3N. The summed E-state index contributed by atoms with van der Waals surface area (Å²) >= 11 is 0. The Morgan fingerprint density at radius 1 is 1.00 bits per heavy atom. The Labute approximate surface area is 103 Å². The minimum atomic E-state index is -0.931. The molecule has 2 aromatic carbocycles. The van der Waals surface area contributed by atoms with E-state index in [0.717, 1.165) is 5.56 Å². The zero-order valence-corrected chi connectivity index (χ0v) is 9.81. The molecule has 4 heteroatoms. The Balaban J connectivity index is 2.62. The molecule has 1 nitrogen and oxygen atoms in total. The summed E-state index contributed by atoms with van der Waals surface area (Å²) < 4.78 is 40.1. The van der Waals surface area contributed by atoms with Crippen LogP contribution in [0.25, 0.3) is 11.1 Å². The van der Waals surface area contributed by atoms with E-state index in [1.807, 2.05) is 6.92 Å². The van der Waals surface area contributed by atoms with Crippen LogP contribution in [-0.4, -0.2) is 0 Å². The number of benzene rings is 2. The third kappa shape index (κ3) is 2.18. The topological polar surface area (TPSA) is 26.0 Å². The highest BCUT2D eigenvalue weighted by molar-refractivity contribution is 5.69. The second-order valence-electron chi connectivity index (χ2n) is 4.01. The maximum Gasteiger partial charge on any atom is 0.136 e. The predicted molar refractivity (Wildman–Crippen MR) is 65.5 cm³/mol. The highest BCUT2D eigenvalue weighted by Crippen LogP contribution is 2.29. The summed E-state index contributed by atoms with van der Waals surface area (Å²) in [7, 11) is 0. The van der Waals surface area contributed by atoms with E-state index in [2.05, 4.69) is 0 Å². The summed E-state index contributed by atoms with van der Waals surface area (Å²) in [4.78, 5) is 0. The normalized spacial score (nSPS) is 10.7. The molecule has 0 bridgehead atoms. The van der Waals surface area contributed by atoms with Crippen molar-refractivity contribution in [1.82, 2.24) is 0 Å². The van der Waals surface area contributed by atoms with Crippen LogP contribution in [0.15, 0.2) is 30.3 Å². The van der Waals surface area contributed by atoms with Gasteiger partial charge in [0.25, 0.3) is 0 Å². The van der Waals surface area contributed by atoms with Gasteiger partial charge in [0.2, 0.25) is 0 Å². The highest BCUT2D eigenvalue weighted by atomic mass is 19.1. The summed E-state index contributed by atoms with van der Waals surface area (Å²) in [5.41, 5.74) is 7.23. The SMILES string of the molecule is CCc1cc(-c2c(F)cc(F)cc2F)ccc1N. The molecule has 0 atom stereocenters. The molecule has 0 aromatic heterocycles.